The van der Waals surface area contributed by atoms with Crippen LogP contribution in [0.3, 0.4) is 0 Å². The van der Waals surface area contributed by atoms with Crippen LogP contribution in [0.5, 0.6) is 0 Å². The fourth-order valence-electron chi connectivity index (χ4n) is 2.77. The highest BCUT2D eigenvalue weighted by Gasteiger charge is 2.34. The molecule has 2 unspecified atom stereocenters. The molecule has 0 aromatic heterocycles. The molecule has 1 saturated heterocycles. The highest BCUT2D eigenvalue weighted by atomic mass is 16.5. The summed E-state index contributed by atoms with van der Waals surface area (Å²) < 4.78 is 5.69. The Morgan fingerprint density at radius 1 is 1.35 bits per heavy atom. The maximum absolute atomic E-state index is 5.69. The van der Waals surface area contributed by atoms with Gasteiger partial charge in [-0.05, 0) is 17.8 Å². The Balaban J connectivity index is 2.49. The average Bonchev–Trinajstić information content (AvgIpc) is 2.37. The number of hydrogen-bond donors (Lipinski definition) is 1. The minimum absolute atomic E-state index is 0.309. The molecule has 0 aliphatic carbocycles. The fraction of sp³-hybridized carbons (Fsp3) is 0.882. The smallest absolute Gasteiger partial charge is 0.0593 e. The summed E-state index contributed by atoms with van der Waals surface area (Å²) in [6.45, 7) is 20.2. The van der Waals surface area contributed by atoms with Crippen LogP contribution in [-0.4, -0.2) is 49.8 Å². The Bertz CT molecular complexity index is 283. The first kappa shape index (κ1) is 17.7. The summed E-state index contributed by atoms with van der Waals surface area (Å²) in [6, 6.07) is 1.18. The van der Waals surface area contributed by atoms with E-state index in [1.54, 1.807) is 0 Å². The molecule has 1 N–H and O–H groups in total. The van der Waals surface area contributed by atoms with Crippen molar-refractivity contribution in [2.75, 3.05) is 32.8 Å². The predicted octanol–water partition coefficient (Wildman–Crippen LogP) is 2.92. The lowest BCUT2D eigenvalue weighted by atomic mass is 9.83. The fourth-order valence-corrected chi connectivity index (χ4v) is 2.77. The van der Waals surface area contributed by atoms with Gasteiger partial charge < -0.3 is 10.1 Å². The van der Waals surface area contributed by atoms with Crippen LogP contribution in [0.15, 0.2) is 12.7 Å². The van der Waals surface area contributed by atoms with E-state index in [0.717, 1.165) is 39.3 Å². The molecule has 20 heavy (non-hydrogen) atoms. The molecular formula is C17H34N2O. The van der Waals surface area contributed by atoms with E-state index >= 15 is 0 Å². The van der Waals surface area contributed by atoms with Gasteiger partial charge in [-0.2, -0.15) is 0 Å². The molecule has 0 aromatic carbocycles. The molecule has 0 radical (unpaired) electrons. The summed E-state index contributed by atoms with van der Waals surface area (Å²) in [4.78, 5) is 2.62. The number of hydrogen-bond acceptors (Lipinski definition) is 3. The second-order valence-corrected chi connectivity index (χ2v) is 7.32. The lowest BCUT2D eigenvalue weighted by Crippen LogP contribution is -2.62. The normalized spacial score (nSPS) is 25.1. The first-order valence-electron chi connectivity index (χ1n) is 8.02. The van der Waals surface area contributed by atoms with Gasteiger partial charge >= 0.3 is 0 Å². The summed E-state index contributed by atoms with van der Waals surface area (Å²) in [6.07, 6.45) is 2.86. The van der Waals surface area contributed by atoms with Crippen molar-refractivity contribution in [1.82, 2.24) is 10.2 Å². The van der Waals surface area contributed by atoms with E-state index < -0.39 is 0 Å². The van der Waals surface area contributed by atoms with Crippen LogP contribution in [0.2, 0.25) is 0 Å². The molecule has 1 aliphatic rings. The van der Waals surface area contributed by atoms with Crippen LogP contribution in [0, 0.1) is 11.3 Å². The van der Waals surface area contributed by atoms with Gasteiger partial charge in [0.2, 0.25) is 0 Å². The second-order valence-electron chi connectivity index (χ2n) is 7.32. The molecule has 2 atom stereocenters. The maximum Gasteiger partial charge on any atom is 0.0593 e. The minimum Gasteiger partial charge on any atom is -0.380 e. The van der Waals surface area contributed by atoms with Crippen molar-refractivity contribution in [3.63, 3.8) is 0 Å². The van der Waals surface area contributed by atoms with Gasteiger partial charge in [-0.25, -0.2) is 0 Å². The van der Waals surface area contributed by atoms with Gasteiger partial charge in [0, 0.05) is 31.7 Å². The highest BCUT2D eigenvalue weighted by molar-refractivity contribution is 4.92. The van der Waals surface area contributed by atoms with E-state index in [-0.39, 0.29) is 0 Å². The zero-order valence-electron chi connectivity index (χ0n) is 14.1. The van der Waals surface area contributed by atoms with Gasteiger partial charge in [0.05, 0.1) is 13.2 Å². The molecule has 1 heterocycles. The molecule has 0 spiro atoms. The Labute approximate surface area is 125 Å². The monoisotopic (exact) mass is 282 g/mol. The van der Waals surface area contributed by atoms with E-state index in [1.807, 2.05) is 6.08 Å². The third kappa shape index (κ3) is 5.55. The average molecular weight is 282 g/mol. The lowest BCUT2D eigenvalue weighted by Gasteiger charge is -2.46. The van der Waals surface area contributed by atoms with Crippen LogP contribution in [0.25, 0.3) is 0 Å². The molecule has 1 rings (SSSR count). The minimum atomic E-state index is 0.309. The molecule has 0 bridgehead atoms. The highest BCUT2D eigenvalue weighted by Crippen LogP contribution is 2.25. The van der Waals surface area contributed by atoms with Crippen molar-refractivity contribution in [3.05, 3.63) is 12.7 Å². The van der Waals surface area contributed by atoms with E-state index in [4.69, 9.17) is 4.74 Å². The maximum atomic E-state index is 5.69. The SMILES string of the molecule is C=CCCOCCN1CC(C(C)(C)C)NCC1C(C)C. The van der Waals surface area contributed by atoms with E-state index in [0.29, 0.717) is 23.4 Å². The Morgan fingerprint density at radius 3 is 2.60 bits per heavy atom. The Kier molecular flexibility index (Phi) is 7.21. The van der Waals surface area contributed by atoms with Gasteiger partial charge in [-0.15, -0.1) is 6.58 Å². The Hall–Kier alpha value is -0.380. The Morgan fingerprint density at radius 2 is 2.05 bits per heavy atom. The molecule has 3 heteroatoms. The van der Waals surface area contributed by atoms with Gasteiger partial charge in [0.25, 0.3) is 0 Å². The molecule has 3 nitrogen and oxygen atoms in total. The van der Waals surface area contributed by atoms with Crippen LogP contribution < -0.4 is 5.32 Å². The van der Waals surface area contributed by atoms with Crippen molar-refractivity contribution in [2.45, 2.75) is 53.1 Å². The van der Waals surface area contributed by atoms with E-state index in [9.17, 15) is 0 Å². The number of nitrogens with zero attached hydrogens (tertiary/aromatic N) is 1. The van der Waals surface area contributed by atoms with Crippen LogP contribution in [0.4, 0.5) is 0 Å². The third-order valence-corrected chi connectivity index (χ3v) is 4.26. The summed E-state index contributed by atoms with van der Waals surface area (Å²) >= 11 is 0. The van der Waals surface area contributed by atoms with Crippen LogP contribution in [0.1, 0.15) is 41.0 Å². The summed E-state index contributed by atoms with van der Waals surface area (Å²) in [5, 5.41) is 3.74. The first-order valence-corrected chi connectivity index (χ1v) is 8.02. The number of rotatable bonds is 7. The predicted molar refractivity (Wildman–Crippen MR) is 87.1 cm³/mol. The number of nitrogens with one attached hydrogen (secondary N) is 1. The third-order valence-electron chi connectivity index (χ3n) is 4.26. The zero-order chi connectivity index (χ0) is 15.2. The van der Waals surface area contributed by atoms with Crippen molar-refractivity contribution >= 4 is 0 Å². The van der Waals surface area contributed by atoms with Crippen molar-refractivity contribution in [1.29, 1.82) is 0 Å². The summed E-state index contributed by atoms with van der Waals surface area (Å²) in [5.41, 5.74) is 0.309. The molecule has 0 amide bonds. The number of ether oxygens (including phenoxy) is 1. The molecule has 0 saturated carbocycles. The van der Waals surface area contributed by atoms with E-state index in [1.165, 1.54) is 0 Å². The number of piperazine rings is 1. The van der Waals surface area contributed by atoms with Crippen molar-refractivity contribution < 1.29 is 4.74 Å². The van der Waals surface area contributed by atoms with Crippen LogP contribution >= 0.6 is 0 Å². The van der Waals surface area contributed by atoms with E-state index in [2.05, 4.69) is 51.4 Å². The molecule has 1 aliphatic heterocycles. The summed E-state index contributed by atoms with van der Waals surface area (Å²) in [5.74, 6) is 0.677. The standard InChI is InChI=1S/C17H34N2O/c1-7-8-10-20-11-9-19-13-16(17(4,5)6)18-12-15(19)14(2)3/h7,14-16,18H,1,8-13H2,2-6H3. The van der Waals surface area contributed by atoms with Crippen LogP contribution in [-0.2, 0) is 4.74 Å². The van der Waals surface area contributed by atoms with Gasteiger partial charge in [-0.3, -0.25) is 4.90 Å². The van der Waals surface area contributed by atoms with Gasteiger partial charge in [0.1, 0.15) is 0 Å². The van der Waals surface area contributed by atoms with Crippen molar-refractivity contribution in [2.24, 2.45) is 11.3 Å². The zero-order valence-corrected chi connectivity index (χ0v) is 14.1. The van der Waals surface area contributed by atoms with Gasteiger partial charge in [0.15, 0.2) is 0 Å². The molecule has 0 aromatic rings. The summed E-state index contributed by atoms with van der Waals surface area (Å²) in [7, 11) is 0. The molecule has 1 fully saturated rings. The molecule has 118 valence electrons. The quantitative estimate of drug-likeness (QED) is 0.574. The lowest BCUT2D eigenvalue weighted by molar-refractivity contribution is 0.0323. The molecular weight excluding hydrogens is 248 g/mol. The largest absolute Gasteiger partial charge is 0.380 e. The second kappa shape index (κ2) is 8.16. The topological polar surface area (TPSA) is 24.5 Å². The first-order chi connectivity index (χ1) is 9.36. The van der Waals surface area contributed by atoms with Crippen molar-refractivity contribution in [3.8, 4) is 0 Å². The van der Waals surface area contributed by atoms with Gasteiger partial charge in [-0.1, -0.05) is 40.7 Å².